The van der Waals surface area contributed by atoms with Crippen LogP contribution in [0.25, 0.3) is 0 Å². The van der Waals surface area contributed by atoms with Gasteiger partial charge >= 0.3 is 0 Å². The van der Waals surface area contributed by atoms with Crippen LogP contribution < -0.4 is 15.9 Å². The van der Waals surface area contributed by atoms with Crippen LogP contribution in [-0.2, 0) is 11.4 Å². The van der Waals surface area contributed by atoms with Crippen molar-refractivity contribution in [2.75, 3.05) is 11.2 Å². The van der Waals surface area contributed by atoms with Crippen LogP contribution in [0.2, 0.25) is 0 Å². The van der Waals surface area contributed by atoms with Crippen LogP contribution in [0.4, 0.5) is 5.69 Å². The summed E-state index contributed by atoms with van der Waals surface area (Å²) in [7, 11) is 0. The summed E-state index contributed by atoms with van der Waals surface area (Å²) in [6, 6.07) is 15.6. The lowest BCUT2D eigenvalue weighted by atomic mass is 10.0. The SMILES string of the molecule is Cc1cccc(NC(=O)[C@H](C)Sc2nnc(COc3ccc(C(C)C)cc3)n2N)c1. The number of hydrogen-bond acceptors (Lipinski definition) is 6. The number of amides is 1. The van der Waals surface area contributed by atoms with Crippen molar-refractivity contribution < 1.29 is 9.53 Å². The molecule has 0 saturated carbocycles. The number of aromatic nitrogens is 3. The third-order valence-electron chi connectivity index (χ3n) is 4.59. The van der Waals surface area contributed by atoms with E-state index in [1.165, 1.54) is 22.0 Å². The molecule has 1 atom stereocenters. The molecule has 2 aromatic carbocycles. The maximum atomic E-state index is 12.5. The summed E-state index contributed by atoms with van der Waals surface area (Å²) in [4.78, 5) is 12.5. The fourth-order valence-electron chi connectivity index (χ4n) is 2.76. The minimum Gasteiger partial charge on any atom is -0.486 e. The number of nitrogens with zero attached hydrogens (tertiary/aromatic N) is 3. The molecule has 158 valence electrons. The fourth-order valence-corrected chi connectivity index (χ4v) is 3.55. The molecule has 1 amide bonds. The molecule has 1 heterocycles. The van der Waals surface area contributed by atoms with Crippen molar-refractivity contribution in [2.45, 2.75) is 50.6 Å². The Morgan fingerprint density at radius 3 is 2.57 bits per heavy atom. The lowest BCUT2D eigenvalue weighted by Crippen LogP contribution is -2.24. The molecule has 8 heteroatoms. The summed E-state index contributed by atoms with van der Waals surface area (Å²) in [5.74, 6) is 7.67. The summed E-state index contributed by atoms with van der Waals surface area (Å²) >= 11 is 1.25. The van der Waals surface area contributed by atoms with Gasteiger partial charge in [-0.05, 0) is 55.2 Å². The number of thioether (sulfide) groups is 1. The predicted molar refractivity (Wildman–Crippen MR) is 120 cm³/mol. The molecule has 0 aliphatic heterocycles. The Bertz CT molecular complexity index is 1000. The zero-order valence-electron chi connectivity index (χ0n) is 17.6. The van der Waals surface area contributed by atoms with Crippen molar-refractivity contribution in [1.82, 2.24) is 14.9 Å². The van der Waals surface area contributed by atoms with Crippen molar-refractivity contribution in [3.05, 3.63) is 65.5 Å². The first-order chi connectivity index (χ1) is 14.3. The minimum atomic E-state index is -0.394. The highest BCUT2D eigenvalue weighted by Gasteiger charge is 2.20. The molecule has 0 saturated heterocycles. The highest BCUT2D eigenvalue weighted by molar-refractivity contribution is 8.00. The number of aryl methyl sites for hydroxylation is 1. The van der Waals surface area contributed by atoms with Gasteiger partial charge in [0.1, 0.15) is 12.4 Å². The van der Waals surface area contributed by atoms with E-state index >= 15 is 0 Å². The van der Waals surface area contributed by atoms with Gasteiger partial charge in [0.15, 0.2) is 5.82 Å². The maximum Gasteiger partial charge on any atom is 0.237 e. The number of carbonyl (C=O) groups excluding carboxylic acids is 1. The zero-order valence-corrected chi connectivity index (χ0v) is 18.4. The first-order valence-corrected chi connectivity index (χ1v) is 10.7. The quantitative estimate of drug-likeness (QED) is 0.416. The average Bonchev–Trinajstić information content (AvgIpc) is 3.06. The van der Waals surface area contributed by atoms with Crippen LogP contribution in [0.5, 0.6) is 5.75 Å². The molecule has 0 radical (unpaired) electrons. The molecule has 3 rings (SSSR count). The van der Waals surface area contributed by atoms with E-state index in [0.29, 0.717) is 16.9 Å². The fraction of sp³-hybridized carbons (Fsp3) is 0.318. The Kier molecular flexibility index (Phi) is 6.99. The van der Waals surface area contributed by atoms with E-state index in [4.69, 9.17) is 10.6 Å². The number of nitrogens with one attached hydrogen (secondary N) is 1. The molecule has 3 aromatic rings. The Morgan fingerprint density at radius 1 is 1.17 bits per heavy atom. The van der Waals surface area contributed by atoms with Crippen LogP contribution in [0, 0.1) is 6.92 Å². The van der Waals surface area contributed by atoms with Crippen molar-refractivity contribution in [3.63, 3.8) is 0 Å². The standard InChI is InChI=1S/C22H27N5O2S/c1-14(2)17-8-10-19(11-9-17)29-13-20-25-26-22(27(20)23)30-16(4)21(28)24-18-7-5-6-15(3)12-18/h5-12,14,16H,13,23H2,1-4H3,(H,24,28)/t16-/m0/s1. The van der Waals surface area contributed by atoms with Gasteiger partial charge in [0.05, 0.1) is 5.25 Å². The van der Waals surface area contributed by atoms with Crippen LogP contribution in [0.1, 0.15) is 43.6 Å². The van der Waals surface area contributed by atoms with E-state index < -0.39 is 5.25 Å². The second-order valence-corrected chi connectivity index (χ2v) is 8.71. The summed E-state index contributed by atoms with van der Waals surface area (Å²) in [6.07, 6.45) is 0. The highest BCUT2D eigenvalue weighted by Crippen LogP contribution is 2.23. The molecule has 30 heavy (non-hydrogen) atoms. The lowest BCUT2D eigenvalue weighted by molar-refractivity contribution is -0.115. The molecule has 0 bridgehead atoms. The smallest absolute Gasteiger partial charge is 0.237 e. The van der Waals surface area contributed by atoms with Gasteiger partial charge in [0.25, 0.3) is 0 Å². The van der Waals surface area contributed by atoms with Crippen LogP contribution in [-0.4, -0.2) is 26.0 Å². The number of anilines is 1. The lowest BCUT2D eigenvalue weighted by Gasteiger charge is -2.12. The van der Waals surface area contributed by atoms with Gasteiger partial charge in [0, 0.05) is 5.69 Å². The van der Waals surface area contributed by atoms with Crippen LogP contribution >= 0.6 is 11.8 Å². The van der Waals surface area contributed by atoms with E-state index in [9.17, 15) is 4.79 Å². The Labute approximate surface area is 181 Å². The Morgan fingerprint density at radius 2 is 1.90 bits per heavy atom. The third-order valence-corrected chi connectivity index (χ3v) is 5.64. The molecular weight excluding hydrogens is 398 g/mol. The summed E-state index contributed by atoms with van der Waals surface area (Å²) in [6.45, 7) is 8.26. The molecule has 0 fully saturated rings. The number of nitrogens with two attached hydrogens (primary N) is 1. The van der Waals surface area contributed by atoms with Gasteiger partial charge in [-0.3, -0.25) is 4.79 Å². The number of hydrogen-bond donors (Lipinski definition) is 2. The first-order valence-electron chi connectivity index (χ1n) is 9.80. The number of carbonyl (C=O) groups is 1. The monoisotopic (exact) mass is 425 g/mol. The zero-order chi connectivity index (χ0) is 21.7. The average molecular weight is 426 g/mol. The van der Waals surface area contributed by atoms with E-state index in [2.05, 4.69) is 29.4 Å². The van der Waals surface area contributed by atoms with Gasteiger partial charge < -0.3 is 15.9 Å². The van der Waals surface area contributed by atoms with Gasteiger partial charge in [-0.1, -0.05) is 49.9 Å². The summed E-state index contributed by atoms with van der Waals surface area (Å²) < 4.78 is 7.14. The molecule has 7 nitrogen and oxygen atoms in total. The van der Waals surface area contributed by atoms with E-state index in [0.717, 1.165) is 17.0 Å². The molecule has 0 aliphatic carbocycles. The molecule has 0 spiro atoms. The Balaban J connectivity index is 1.57. The molecule has 1 aromatic heterocycles. The van der Waals surface area contributed by atoms with Gasteiger partial charge in [-0.25, -0.2) is 4.68 Å². The highest BCUT2D eigenvalue weighted by atomic mass is 32.2. The van der Waals surface area contributed by atoms with E-state index in [1.54, 1.807) is 6.92 Å². The first kappa shape index (κ1) is 21.7. The van der Waals surface area contributed by atoms with Crippen LogP contribution in [0.15, 0.2) is 53.7 Å². The second-order valence-electron chi connectivity index (χ2n) is 7.40. The second kappa shape index (κ2) is 9.67. The van der Waals surface area contributed by atoms with E-state index in [1.807, 2.05) is 55.5 Å². The van der Waals surface area contributed by atoms with Crippen LogP contribution in [0.3, 0.4) is 0 Å². The summed E-state index contributed by atoms with van der Waals surface area (Å²) in [5.41, 5.74) is 3.10. The Hall–Kier alpha value is -3.00. The number of nitrogen functional groups attached to an aromatic ring is 1. The number of rotatable bonds is 8. The van der Waals surface area contributed by atoms with Gasteiger partial charge in [-0.2, -0.15) is 0 Å². The normalized spacial score (nSPS) is 12.0. The van der Waals surface area contributed by atoms with Crippen molar-refractivity contribution >= 4 is 23.4 Å². The summed E-state index contributed by atoms with van der Waals surface area (Å²) in [5, 5.41) is 11.2. The number of ether oxygens (including phenoxy) is 1. The predicted octanol–water partition coefficient (Wildman–Crippen LogP) is 4.12. The van der Waals surface area contributed by atoms with Gasteiger partial charge in [-0.15, -0.1) is 10.2 Å². The largest absolute Gasteiger partial charge is 0.486 e. The van der Waals surface area contributed by atoms with E-state index in [-0.39, 0.29) is 12.5 Å². The van der Waals surface area contributed by atoms with Crippen molar-refractivity contribution in [2.24, 2.45) is 0 Å². The van der Waals surface area contributed by atoms with Crippen molar-refractivity contribution in [1.29, 1.82) is 0 Å². The molecular formula is C22H27N5O2S. The minimum absolute atomic E-state index is 0.128. The van der Waals surface area contributed by atoms with Crippen molar-refractivity contribution in [3.8, 4) is 5.75 Å². The molecule has 3 N–H and O–H groups in total. The molecule has 0 aliphatic rings. The third kappa shape index (κ3) is 5.54. The molecule has 0 unspecified atom stereocenters. The topological polar surface area (TPSA) is 95.1 Å². The number of benzene rings is 2. The van der Waals surface area contributed by atoms with Gasteiger partial charge in [0.2, 0.25) is 11.1 Å². The maximum absolute atomic E-state index is 12.5.